The van der Waals surface area contributed by atoms with E-state index in [0.717, 1.165) is 11.1 Å². The van der Waals surface area contributed by atoms with E-state index < -0.39 is 6.10 Å². The van der Waals surface area contributed by atoms with Crippen LogP contribution in [0.25, 0.3) is 11.4 Å². The predicted molar refractivity (Wildman–Crippen MR) is 102 cm³/mol. The van der Waals surface area contributed by atoms with E-state index in [0.29, 0.717) is 22.5 Å². The average molecular weight is 386 g/mol. The molecule has 0 radical (unpaired) electrons. The maximum atomic E-state index is 12.5. The second-order valence-electron chi connectivity index (χ2n) is 6.29. The minimum atomic E-state index is -0.628. The highest BCUT2D eigenvalue weighted by atomic mass is 35.5. The molecular weight excluding hydrogens is 366 g/mol. The Kier molecular flexibility index (Phi) is 5.76. The smallest absolute Gasteiger partial charge is 0.263 e. The van der Waals surface area contributed by atoms with Gasteiger partial charge in [-0.15, -0.1) is 0 Å². The fourth-order valence-corrected chi connectivity index (χ4v) is 2.62. The number of aromatic nitrogens is 2. The molecule has 0 bridgehead atoms. The molecule has 0 fully saturated rings. The molecule has 0 saturated heterocycles. The van der Waals surface area contributed by atoms with Crippen molar-refractivity contribution in [3.8, 4) is 17.1 Å². The number of nitrogens with zero attached hydrogens (tertiary/aromatic N) is 3. The lowest BCUT2D eigenvalue weighted by molar-refractivity contribution is -0.137. The van der Waals surface area contributed by atoms with Crippen molar-refractivity contribution in [1.29, 1.82) is 0 Å². The van der Waals surface area contributed by atoms with E-state index in [1.54, 1.807) is 26.1 Å². The van der Waals surface area contributed by atoms with E-state index in [4.69, 9.17) is 20.9 Å². The van der Waals surface area contributed by atoms with Gasteiger partial charge in [0.2, 0.25) is 11.7 Å². The molecule has 7 heteroatoms. The molecule has 0 saturated carbocycles. The fourth-order valence-electron chi connectivity index (χ4n) is 2.50. The van der Waals surface area contributed by atoms with Crippen molar-refractivity contribution in [3.63, 3.8) is 0 Å². The topological polar surface area (TPSA) is 68.5 Å². The number of halogens is 1. The Morgan fingerprint density at radius 3 is 2.52 bits per heavy atom. The summed E-state index contributed by atoms with van der Waals surface area (Å²) in [6.45, 7) is 3.90. The molecular formula is C20H20ClN3O3. The maximum absolute atomic E-state index is 12.5. The first kappa shape index (κ1) is 18.9. The molecule has 3 rings (SSSR count). The molecule has 1 unspecified atom stereocenters. The van der Waals surface area contributed by atoms with E-state index in [2.05, 4.69) is 10.1 Å². The summed E-state index contributed by atoms with van der Waals surface area (Å²) >= 11 is 5.88. The third-order valence-corrected chi connectivity index (χ3v) is 4.25. The Bertz CT molecular complexity index is 907. The van der Waals surface area contributed by atoms with Crippen LogP contribution in [-0.4, -0.2) is 34.1 Å². The Morgan fingerprint density at radius 2 is 1.85 bits per heavy atom. The summed E-state index contributed by atoms with van der Waals surface area (Å²) in [5, 5.41) is 4.59. The molecule has 140 valence electrons. The van der Waals surface area contributed by atoms with Crippen molar-refractivity contribution in [3.05, 3.63) is 65.0 Å². The molecule has 6 nitrogen and oxygen atoms in total. The van der Waals surface area contributed by atoms with Gasteiger partial charge in [0.25, 0.3) is 5.91 Å². The second kappa shape index (κ2) is 8.22. The molecule has 1 amide bonds. The number of ether oxygens (including phenoxy) is 1. The summed E-state index contributed by atoms with van der Waals surface area (Å²) in [4.78, 5) is 18.4. The number of hydrogen-bond acceptors (Lipinski definition) is 5. The molecule has 0 aliphatic rings. The largest absolute Gasteiger partial charge is 0.481 e. The molecule has 2 aromatic carbocycles. The van der Waals surface area contributed by atoms with E-state index in [1.807, 2.05) is 43.3 Å². The van der Waals surface area contributed by atoms with Gasteiger partial charge in [-0.3, -0.25) is 4.79 Å². The SMILES string of the molecule is Cc1ccc(OC(C)C(=O)N(C)Cc2nc(-c3ccc(Cl)cc3)no2)cc1. The van der Waals surface area contributed by atoms with Crippen LogP contribution in [0.2, 0.25) is 5.02 Å². The Morgan fingerprint density at radius 1 is 1.19 bits per heavy atom. The Hall–Kier alpha value is -2.86. The van der Waals surface area contributed by atoms with Crippen LogP contribution in [0.4, 0.5) is 0 Å². The van der Waals surface area contributed by atoms with Crippen LogP contribution < -0.4 is 4.74 Å². The van der Waals surface area contributed by atoms with Gasteiger partial charge in [-0.25, -0.2) is 0 Å². The van der Waals surface area contributed by atoms with Gasteiger partial charge < -0.3 is 14.2 Å². The van der Waals surface area contributed by atoms with Crippen LogP contribution in [0.3, 0.4) is 0 Å². The lowest BCUT2D eigenvalue weighted by Gasteiger charge is -2.20. The molecule has 0 spiro atoms. The molecule has 0 N–H and O–H groups in total. The standard InChI is InChI=1S/C20H20ClN3O3/c1-13-4-10-17(11-5-13)26-14(2)20(25)24(3)12-18-22-19(23-27-18)15-6-8-16(21)9-7-15/h4-11,14H,12H2,1-3H3. The van der Waals surface area contributed by atoms with Crippen molar-refractivity contribution >= 4 is 17.5 Å². The van der Waals surface area contributed by atoms with Gasteiger partial charge in [-0.1, -0.05) is 34.5 Å². The van der Waals surface area contributed by atoms with Gasteiger partial charge in [-0.05, 0) is 50.2 Å². The number of amides is 1. The van der Waals surface area contributed by atoms with Gasteiger partial charge in [0.05, 0.1) is 6.54 Å². The zero-order valence-electron chi connectivity index (χ0n) is 15.3. The molecule has 1 atom stereocenters. The number of carbonyl (C=O) groups excluding carboxylic acids is 1. The lowest BCUT2D eigenvalue weighted by Crippen LogP contribution is -2.37. The summed E-state index contributed by atoms with van der Waals surface area (Å²) in [6, 6.07) is 14.7. The fraction of sp³-hybridized carbons (Fsp3) is 0.250. The van der Waals surface area contributed by atoms with Gasteiger partial charge in [0, 0.05) is 17.6 Å². The van der Waals surface area contributed by atoms with Crippen molar-refractivity contribution in [2.45, 2.75) is 26.5 Å². The highest BCUT2D eigenvalue weighted by Crippen LogP contribution is 2.19. The van der Waals surface area contributed by atoms with Crippen LogP contribution in [0.15, 0.2) is 53.1 Å². The highest BCUT2D eigenvalue weighted by Gasteiger charge is 2.21. The zero-order chi connectivity index (χ0) is 19.4. The molecule has 3 aromatic rings. The van der Waals surface area contributed by atoms with Crippen molar-refractivity contribution < 1.29 is 14.1 Å². The number of benzene rings is 2. The van der Waals surface area contributed by atoms with Crippen molar-refractivity contribution in [1.82, 2.24) is 15.0 Å². The molecule has 0 aliphatic carbocycles. The van der Waals surface area contributed by atoms with Crippen molar-refractivity contribution in [2.24, 2.45) is 0 Å². The normalized spacial score (nSPS) is 11.9. The minimum Gasteiger partial charge on any atom is -0.481 e. The van der Waals surface area contributed by atoms with Crippen LogP contribution in [-0.2, 0) is 11.3 Å². The quantitative estimate of drug-likeness (QED) is 0.638. The van der Waals surface area contributed by atoms with E-state index in [-0.39, 0.29) is 12.5 Å². The van der Waals surface area contributed by atoms with E-state index in [9.17, 15) is 4.79 Å². The van der Waals surface area contributed by atoms with Crippen LogP contribution in [0.5, 0.6) is 5.75 Å². The summed E-state index contributed by atoms with van der Waals surface area (Å²) in [5.41, 5.74) is 1.92. The van der Waals surface area contributed by atoms with E-state index in [1.165, 1.54) is 4.90 Å². The van der Waals surface area contributed by atoms with Gasteiger partial charge in [0.15, 0.2) is 6.10 Å². The van der Waals surface area contributed by atoms with Crippen LogP contribution >= 0.6 is 11.6 Å². The third-order valence-electron chi connectivity index (χ3n) is 4.00. The lowest BCUT2D eigenvalue weighted by atomic mass is 10.2. The Labute approximate surface area is 162 Å². The van der Waals surface area contributed by atoms with Crippen molar-refractivity contribution in [2.75, 3.05) is 7.05 Å². The molecule has 27 heavy (non-hydrogen) atoms. The second-order valence-corrected chi connectivity index (χ2v) is 6.72. The first-order chi connectivity index (χ1) is 12.9. The average Bonchev–Trinajstić information content (AvgIpc) is 3.12. The maximum Gasteiger partial charge on any atom is 0.263 e. The number of likely N-dealkylation sites (N-methyl/N-ethyl adjacent to an activating group) is 1. The summed E-state index contributed by atoms with van der Waals surface area (Å²) in [7, 11) is 1.67. The monoisotopic (exact) mass is 385 g/mol. The van der Waals surface area contributed by atoms with Crippen LogP contribution in [0.1, 0.15) is 18.4 Å². The van der Waals surface area contributed by atoms with Gasteiger partial charge >= 0.3 is 0 Å². The van der Waals surface area contributed by atoms with Gasteiger partial charge in [-0.2, -0.15) is 4.98 Å². The summed E-state index contributed by atoms with van der Waals surface area (Å²) in [5.74, 6) is 1.27. The molecule has 1 heterocycles. The molecule has 0 aliphatic heterocycles. The van der Waals surface area contributed by atoms with E-state index >= 15 is 0 Å². The van der Waals surface area contributed by atoms with Crippen LogP contribution in [0, 0.1) is 6.92 Å². The highest BCUT2D eigenvalue weighted by molar-refractivity contribution is 6.30. The zero-order valence-corrected chi connectivity index (χ0v) is 16.1. The third kappa shape index (κ3) is 4.86. The minimum absolute atomic E-state index is 0.179. The first-order valence-electron chi connectivity index (χ1n) is 8.49. The molecule has 1 aromatic heterocycles. The Balaban J connectivity index is 1.60. The number of rotatable bonds is 6. The number of carbonyl (C=O) groups is 1. The predicted octanol–water partition coefficient (Wildman–Crippen LogP) is 4.12. The summed E-state index contributed by atoms with van der Waals surface area (Å²) in [6.07, 6.45) is -0.628. The van der Waals surface area contributed by atoms with Gasteiger partial charge in [0.1, 0.15) is 5.75 Å². The number of hydrogen-bond donors (Lipinski definition) is 0. The number of aryl methyl sites for hydroxylation is 1. The summed E-state index contributed by atoms with van der Waals surface area (Å²) < 4.78 is 11.0. The first-order valence-corrected chi connectivity index (χ1v) is 8.87.